The Bertz CT molecular complexity index is 761. The summed E-state index contributed by atoms with van der Waals surface area (Å²) < 4.78 is 5.04. The molecular formula is C21H23NO3. The van der Waals surface area contributed by atoms with E-state index in [1.807, 2.05) is 49.4 Å². The first-order valence-corrected chi connectivity index (χ1v) is 8.25. The Morgan fingerprint density at radius 1 is 0.920 bits per heavy atom. The van der Waals surface area contributed by atoms with Gasteiger partial charge >= 0.3 is 5.97 Å². The molecule has 0 aliphatic carbocycles. The number of carbonyl (C=O) groups excluding carboxylic acids is 2. The molecule has 130 valence electrons. The molecule has 0 unspecified atom stereocenters. The first-order chi connectivity index (χ1) is 12.0. The van der Waals surface area contributed by atoms with E-state index in [0.717, 1.165) is 11.1 Å². The Morgan fingerprint density at radius 2 is 1.52 bits per heavy atom. The minimum absolute atomic E-state index is 0.000886. The van der Waals surface area contributed by atoms with E-state index in [1.165, 1.54) is 0 Å². The van der Waals surface area contributed by atoms with E-state index in [4.69, 9.17) is 10.5 Å². The smallest absolute Gasteiger partial charge is 0.333 e. The normalized spacial score (nSPS) is 11.6. The molecule has 0 heterocycles. The third-order valence-electron chi connectivity index (χ3n) is 4.02. The second-order valence-electron chi connectivity index (χ2n) is 5.90. The van der Waals surface area contributed by atoms with Gasteiger partial charge in [0.15, 0.2) is 5.78 Å². The SMILES string of the molecule is CC(Cc1ccc(C(=O)c2ccccc2)cc1)=C(C)C(=O)OCCN. The largest absolute Gasteiger partial charge is 0.461 e. The minimum Gasteiger partial charge on any atom is -0.461 e. The van der Waals surface area contributed by atoms with Crippen LogP contribution in [0.15, 0.2) is 65.7 Å². The summed E-state index contributed by atoms with van der Waals surface area (Å²) in [7, 11) is 0. The standard InChI is InChI=1S/C21H23NO3/c1-15(16(2)21(24)25-13-12-22)14-17-8-10-19(11-9-17)20(23)18-6-4-3-5-7-18/h3-11H,12-14,22H2,1-2H3. The maximum atomic E-state index is 12.4. The average molecular weight is 337 g/mol. The molecule has 0 bridgehead atoms. The topological polar surface area (TPSA) is 69.4 Å². The van der Waals surface area contributed by atoms with Crippen LogP contribution in [0.1, 0.15) is 35.3 Å². The van der Waals surface area contributed by atoms with Gasteiger partial charge in [-0.15, -0.1) is 0 Å². The molecule has 0 amide bonds. The second-order valence-corrected chi connectivity index (χ2v) is 5.90. The van der Waals surface area contributed by atoms with Gasteiger partial charge in [-0.2, -0.15) is 0 Å². The molecule has 25 heavy (non-hydrogen) atoms. The summed E-state index contributed by atoms with van der Waals surface area (Å²) in [6, 6.07) is 16.7. The van der Waals surface area contributed by atoms with E-state index in [2.05, 4.69) is 0 Å². The van der Waals surface area contributed by atoms with Crippen molar-refractivity contribution >= 4 is 11.8 Å². The zero-order chi connectivity index (χ0) is 18.2. The molecule has 2 aromatic carbocycles. The number of carbonyl (C=O) groups is 2. The molecule has 0 fully saturated rings. The minimum atomic E-state index is -0.334. The number of benzene rings is 2. The monoisotopic (exact) mass is 337 g/mol. The van der Waals surface area contributed by atoms with Crippen LogP contribution >= 0.6 is 0 Å². The summed E-state index contributed by atoms with van der Waals surface area (Å²) in [4.78, 5) is 24.3. The lowest BCUT2D eigenvalue weighted by Gasteiger charge is -2.09. The summed E-state index contributed by atoms with van der Waals surface area (Å²) in [5, 5.41) is 0. The van der Waals surface area contributed by atoms with E-state index < -0.39 is 0 Å². The van der Waals surface area contributed by atoms with Crippen molar-refractivity contribution in [2.75, 3.05) is 13.2 Å². The van der Waals surface area contributed by atoms with Crippen LogP contribution in [-0.4, -0.2) is 24.9 Å². The van der Waals surface area contributed by atoms with Gasteiger partial charge in [-0.05, 0) is 25.8 Å². The summed E-state index contributed by atoms with van der Waals surface area (Å²) in [5.74, 6) is -0.334. The molecule has 0 atom stereocenters. The van der Waals surface area contributed by atoms with E-state index in [0.29, 0.717) is 29.7 Å². The Kier molecular flexibility index (Phi) is 6.66. The molecule has 2 N–H and O–H groups in total. The van der Waals surface area contributed by atoms with Crippen molar-refractivity contribution in [2.45, 2.75) is 20.3 Å². The first-order valence-electron chi connectivity index (χ1n) is 8.25. The number of rotatable bonds is 7. The van der Waals surface area contributed by atoms with Gasteiger partial charge in [-0.25, -0.2) is 4.79 Å². The molecule has 0 saturated heterocycles. The average Bonchev–Trinajstić information content (AvgIpc) is 2.66. The van der Waals surface area contributed by atoms with Gasteiger partial charge < -0.3 is 10.5 Å². The fourth-order valence-corrected chi connectivity index (χ4v) is 2.40. The lowest BCUT2D eigenvalue weighted by molar-refractivity contribution is -0.138. The molecule has 0 radical (unpaired) electrons. The lowest BCUT2D eigenvalue weighted by atomic mass is 9.98. The van der Waals surface area contributed by atoms with Crippen molar-refractivity contribution < 1.29 is 14.3 Å². The molecule has 2 aromatic rings. The van der Waals surface area contributed by atoms with E-state index in [-0.39, 0.29) is 18.4 Å². The highest BCUT2D eigenvalue weighted by molar-refractivity contribution is 6.08. The highest BCUT2D eigenvalue weighted by Crippen LogP contribution is 2.16. The molecule has 4 nitrogen and oxygen atoms in total. The number of hydrogen-bond donors (Lipinski definition) is 1. The van der Waals surface area contributed by atoms with Gasteiger partial charge in [0.25, 0.3) is 0 Å². The molecule has 0 spiro atoms. The lowest BCUT2D eigenvalue weighted by Crippen LogP contribution is -2.15. The Morgan fingerprint density at radius 3 is 2.12 bits per heavy atom. The Hall–Kier alpha value is -2.72. The molecule has 0 aliphatic rings. The number of hydrogen-bond acceptors (Lipinski definition) is 4. The predicted molar refractivity (Wildman–Crippen MR) is 98.4 cm³/mol. The third-order valence-corrected chi connectivity index (χ3v) is 4.02. The van der Waals surface area contributed by atoms with Gasteiger partial charge in [-0.1, -0.05) is 60.2 Å². The maximum Gasteiger partial charge on any atom is 0.333 e. The van der Waals surface area contributed by atoms with E-state index in [1.54, 1.807) is 19.1 Å². The van der Waals surface area contributed by atoms with E-state index in [9.17, 15) is 9.59 Å². The second kappa shape index (κ2) is 8.94. The zero-order valence-corrected chi connectivity index (χ0v) is 14.6. The Labute approximate surface area is 148 Å². The molecule has 0 aliphatic heterocycles. The van der Waals surface area contributed by atoms with Crippen LogP contribution in [0.2, 0.25) is 0 Å². The molecule has 2 rings (SSSR count). The quantitative estimate of drug-likeness (QED) is 0.478. The summed E-state index contributed by atoms with van der Waals surface area (Å²) in [5.41, 5.74) is 9.22. The van der Waals surface area contributed by atoms with Gasteiger partial charge in [-0.3, -0.25) is 4.79 Å². The van der Waals surface area contributed by atoms with Crippen molar-refractivity contribution in [2.24, 2.45) is 5.73 Å². The van der Waals surface area contributed by atoms with Crippen molar-refractivity contribution in [1.29, 1.82) is 0 Å². The molecule has 0 aromatic heterocycles. The van der Waals surface area contributed by atoms with Gasteiger partial charge in [0.1, 0.15) is 6.61 Å². The number of esters is 1. The molecular weight excluding hydrogens is 314 g/mol. The summed E-state index contributed by atoms with van der Waals surface area (Å²) in [6.07, 6.45) is 0.628. The fourth-order valence-electron chi connectivity index (χ4n) is 2.40. The molecule has 0 saturated carbocycles. The van der Waals surface area contributed by atoms with Crippen molar-refractivity contribution in [3.63, 3.8) is 0 Å². The summed E-state index contributed by atoms with van der Waals surface area (Å²) in [6.45, 7) is 4.19. The van der Waals surface area contributed by atoms with Gasteiger partial charge in [0.2, 0.25) is 0 Å². The Balaban J connectivity index is 2.07. The number of ketones is 1. The van der Waals surface area contributed by atoms with Crippen LogP contribution in [-0.2, 0) is 16.0 Å². The van der Waals surface area contributed by atoms with Crippen LogP contribution in [0.25, 0.3) is 0 Å². The molecule has 4 heteroatoms. The van der Waals surface area contributed by atoms with Crippen LogP contribution in [0.3, 0.4) is 0 Å². The van der Waals surface area contributed by atoms with Crippen LogP contribution < -0.4 is 5.73 Å². The highest BCUT2D eigenvalue weighted by Gasteiger charge is 2.11. The van der Waals surface area contributed by atoms with Crippen LogP contribution in [0.5, 0.6) is 0 Å². The zero-order valence-electron chi connectivity index (χ0n) is 14.6. The third kappa shape index (κ3) is 5.13. The van der Waals surface area contributed by atoms with E-state index >= 15 is 0 Å². The summed E-state index contributed by atoms with van der Waals surface area (Å²) >= 11 is 0. The number of nitrogens with two attached hydrogens (primary N) is 1. The van der Waals surface area contributed by atoms with Crippen LogP contribution in [0, 0.1) is 0 Å². The number of ether oxygens (including phenoxy) is 1. The number of allylic oxidation sites excluding steroid dienone is 1. The van der Waals surface area contributed by atoms with Crippen LogP contribution in [0.4, 0.5) is 0 Å². The highest BCUT2D eigenvalue weighted by atomic mass is 16.5. The van der Waals surface area contributed by atoms with Crippen molar-refractivity contribution in [3.8, 4) is 0 Å². The maximum absolute atomic E-state index is 12.4. The fraction of sp³-hybridized carbons (Fsp3) is 0.238. The van der Waals surface area contributed by atoms with Gasteiger partial charge in [0.05, 0.1) is 0 Å². The predicted octanol–water partition coefficient (Wildman–Crippen LogP) is 3.30. The van der Waals surface area contributed by atoms with Crippen molar-refractivity contribution in [3.05, 3.63) is 82.4 Å². The van der Waals surface area contributed by atoms with Gasteiger partial charge in [0, 0.05) is 23.2 Å². The van der Waals surface area contributed by atoms with Crippen molar-refractivity contribution in [1.82, 2.24) is 0 Å². The first kappa shape index (κ1) is 18.6.